The maximum atomic E-state index is 6.31. The highest BCUT2D eigenvalue weighted by Crippen LogP contribution is 2.33. The molecule has 0 radical (unpaired) electrons. The second-order valence-corrected chi connectivity index (χ2v) is 6.07. The molecule has 1 aromatic heterocycles. The molecule has 0 saturated heterocycles. The van der Waals surface area contributed by atoms with Crippen LogP contribution in [-0.4, -0.2) is 0 Å². The molecule has 2 nitrogen and oxygen atoms in total. The molecule has 3 aromatic rings. The minimum atomic E-state index is -0.326. The molecule has 0 aliphatic heterocycles. The summed E-state index contributed by atoms with van der Waals surface area (Å²) in [5.74, 6) is 0.706. The fourth-order valence-corrected chi connectivity index (χ4v) is 3.20. The van der Waals surface area contributed by atoms with Gasteiger partial charge in [0.05, 0.1) is 11.1 Å². The van der Waals surface area contributed by atoms with E-state index in [1.165, 1.54) is 5.56 Å². The van der Waals surface area contributed by atoms with Crippen molar-refractivity contribution in [1.29, 1.82) is 0 Å². The minimum Gasteiger partial charge on any atom is -0.457 e. The molecular formula is C16H13BrClNO. The zero-order chi connectivity index (χ0) is 14.3. The smallest absolute Gasteiger partial charge is 0.152 e. The molecule has 1 atom stereocenters. The van der Waals surface area contributed by atoms with Crippen LogP contribution in [0.2, 0.25) is 5.02 Å². The number of furan rings is 1. The summed E-state index contributed by atoms with van der Waals surface area (Å²) >= 11 is 9.68. The number of hydrogen-bond acceptors (Lipinski definition) is 2. The van der Waals surface area contributed by atoms with E-state index in [2.05, 4.69) is 15.9 Å². The van der Waals surface area contributed by atoms with Gasteiger partial charge in [-0.1, -0.05) is 51.8 Å². The van der Waals surface area contributed by atoms with Gasteiger partial charge in [-0.3, -0.25) is 0 Å². The Morgan fingerprint density at radius 2 is 2.00 bits per heavy atom. The van der Waals surface area contributed by atoms with E-state index < -0.39 is 0 Å². The summed E-state index contributed by atoms with van der Waals surface area (Å²) in [7, 11) is 0. The standard InChI is InChI=1S/C16H13BrClNO/c1-9-5-6-11(12(17)7-9)15(19)14-8-10-3-2-4-13(18)16(10)20-14/h2-8,15H,19H2,1H3. The summed E-state index contributed by atoms with van der Waals surface area (Å²) in [6, 6.07) is 13.4. The molecule has 2 N–H and O–H groups in total. The summed E-state index contributed by atoms with van der Waals surface area (Å²) in [6.07, 6.45) is 0. The van der Waals surface area contributed by atoms with Crippen molar-refractivity contribution in [3.63, 3.8) is 0 Å². The van der Waals surface area contributed by atoms with Crippen molar-refractivity contribution in [3.05, 3.63) is 68.8 Å². The van der Waals surface area contributed by atoms with Crippen molar-refractivity contribution < 1.29 is 4.42 Å². The van der Waals surface area contributed by atoms with Crippen molar-refractivity contribution in [2.45, 2.75) is 13.0 Å². The molecule has 0 aliphatic rings. The Morgan fingerprint density at radius 3 is 2.70 bits per heavy atom. The van der Waals surface area contributed by atoms with Gasteiger partial charge < -0.3 is 10.2 Å². The van der Waals surface area contributed by atoms with Gasteiger partial charge in [0.1, 0.15) is 5.76 Å². The third-order valence-corrected chi connectivity index (χ3v) is 4.30. The van der Waals surface area contributed by atoms with Gasteiger partial charge in [-0.15, -0.1) is 0 Å². The van der Waals surface area contributed by atoms with Crippen LogP contribution in [0.5, 0.6) is 0 Å². The molecular weight excluding hydrogens is 338 g/mol. The summed E-state index contributed by atoms with van der Waals surface area (Å²) < 4.78 is 6.81. The second-order valence-electron chi connectivity index (χ2n) is 4.81. The predicted molar refractivity (Wildman–Crippen MR) is 86.1 cm³/mol. The Balaban J connectivity index is 2.08. The Bertz CT molecular complexity index is 781. The molecule has 1 unspecified atom stereocenters. The normalized spacial score (nSPS) is 12.8. The average Bonchev–Trinajstić information content (AvgIpc) is 2.83. The first-order valence-corrected chi connectivity index (χ1v) is 7.43. The molecule has 0 fully saturated rings. The van der Waals surface area contributed by atoms with E-state index in [4.69, 9.17) is 21.8 Å². The summed E-state index contributed by atoms with van der Waals surface area (Å²) in [5, 5.41) is 1.56. The lowest BCUT2D eigenvalue weighted by Crippen LogP contribution is -2.11. The summed E-state index contributed by atoms with van der Waals surface area (Å²) in [6.45, 7) is 2.04. The first-order valence-electron chi connectivity index (χ1n) is 6.26. The summed E-state index contributed by atoms with van der Waals surface area (Å²) in [5.41, 5.74) is 9.17. The van der Waals surface area contributed by atoms with Crippen LogP contribution in [0.3, 0.4) is 0 Å². The molecule has 1 heterocycles. The molecule has 0 saturated carbocycles. The van der Waals surface area contributed by atoms with Crippen LogP contribution in [0, 0.1) is 6.92 Å². The average molecular weight is 351 g/mol. The van der Waals surface area contributed by atoms with E-state index in [1.807, 2.05) is 49.4 Å². The van der Waals surface area contributed by atoms with Gasteiger partial charge in [0.15, 0.2) is 5.58 Å². The number of fused-ring (bicyclic) bond motifs is 1. The number of aryl methyl sites for hydroxylation is 1. The van der Waals surface area contributed by atoms with Crippen LogP contribution < -0.4 is 5.73 Å². The number of rotatable bonds is 2. The quantitative estimate of drug-likeness (QED) is 0.689. The highest BCUT2D eigenvalue weighted by Gasteiger charge is 2.17. The van der Waals surface area contributed by atoms with Crippen molar-refractivity contribution in [1.82, 2.24) is 0 Å². The Morgan fingerprint density at radius 1 is 1.20 bits per heavy atom. The molecule has 2 aromatic carbocycles. The maximum absolute atomic E-state index is 6.31. The number of halogens is 2. The fourth-order valence-electron chi connectivity index (χ4n) is 2.24. The zero-order valence-electron chi connectivity index (χ0n) is 10.9. The molecule has 0 amide bonds. The van der Waals surface area contributed by atoms with E-state index in [0.717, 1.165) is 15.4 Å². The molecule has 3 rings (SSSR count). The van der Waals surface area contributed by atoms with Gasteiger partial charge >= 0.3 is 0 Å². The van der Waals surface area contributed by atoms with E-state index in [0.29, 0.717) is 16.4 Å². The molecule has 20 heavy (non-hydrogen) atoms. The largest absolute Gasteiger partial charge is 0.457 e. The van der Waals surface area contributed by atoms with Gasteiger partial charge in [-0.2, -0.15) is 0 Å². The van der Waals surface area contributed by atoms with Crippen LogP contribution in [0.15, 0.2) is 51.4 Å². The van der Waals surface area contributed by atoms with E-state index in [-0.39, 0.29) is 6.04 Å². The molecule has 102 valence electrons. The molecule has 0 aliphatic carbocycles. The van der Waals surface area contributed by atoms with Crippen LogP contribution in [0.1, 0.15) is 22.9 Å². The third kappa shape index (κ3) is 2.37. The SMILES string of the molecule is Cc1ccc(C(N)c2cc3cccc(Cl)c3o2)c(Br)c1. The lowest BCUT2D eigenvalue weighted by molar-refractivity contribution is 0.524. The van der Waals surface area contributed by atoms with Crippen molar-refractivity contribution in [2.75, 3.05) is 0 Å². The Labute approximate surface area is 130 Å². The highest BCUT2D eigenvalue weighted by molar-refractivity contribution is 9.10. The van der Waals surface area contributed by atoms with Crippen LogP contribution in [-0.2, 0) is 0 Å². The van der Waals surface area contributed by atoms with Crippen molar-refractivity contribution >= 4 is 38.5 Å². The van der Waals surface area contributed by atoms with Gasteiger partial charge in [0.2, 0.25) is 0 Å². The second kappa shape index (κ2) is 5.24. The third-order valence-electron chi connectivity index (χ3n) is 3.31. The van der Waals surface area contributed by atoms with Gasteiger partial charge in [0, 0.05) is 9.86 Å². The zero-order valence-corrected chi connectivity index (χ0v) is 13.2. The Hall–Kier alpha value is -1.29. The maximum Gasteiger partial charge on any atom is 0.152 e. The van der Waals surface area contributed by atoms with Crippen LogP contribution in [0.4, 0.5) is 0 Å². The predicted octanol–water partition coefficient (Wildman–Crippen LogP) is 5.21. The Kier molecular flexibility index (Phi) is 3.59. The number of hydrogen-bond donors (Lipinski definition) is 1. The fraction of sp³-hybridized carbons (Fsp3) is 0.125. The van der Waals surface area contributed by atoms with E-state index in [9.17, 15) is 0 Å². The highest BCUT2D eigenvalue weighted by atomic mass is 79.9. The lowest BCUT2D eigenvalue weighted by atomic mass is 10.0. The molecule has 0 spiro atoms. The topological polar surface area (TPSA) is 39.2 Å². The van der Waals surface area contributed by atoms with Gasteiger partial charge in [-0.25, -0.2) is 0 Å². The first kappa shape index (κ1) is 13.7. The number of benzene rings is 2. The van der Waals surface area contributed by atoms with Gasteiger partial charge in [0.25, 0.3) is 0 Å². The van der Waals surface area contributed by atoms with Gasteiger partial charge in [-0.05, 0) is 36.2 Å². The van der Waals surface area contributed by atoms with E-state index >= 15 is 0 Å². The molecule has 4 heteroatoms. The monoisotopic (exact) mass is 349 g/mol. The number of para-hydroxylation sites is 1. The first-order chi connectivity index (χ1) is 9.56. The van der Waals surface area contributed by atoms with E-state index in [1.54, 1.807) is 0 Å². The minimum absolute atomic E-state index is 0.326. The summed E-state index contributed by atoms with van der Waals surface area (Å²) in [4.78, 5) is 0. The lowest BCUT2D eigenvalue weighted by Gasteiger charge is -2.11. The van der Waals surface area contributed by atoms with Crippen LogP contribution >= 0.6 is 27.5 Å². The van der Waals surface area contributed by atoms with Crippen molar-refractivity contribution in [3.8, 4) is 0 Å². The molecule has 0 bridgehead atoms. The van der Waals surface area contributed by atoms with Crippen molar-refractivity contribution in [2.24, 2.45) is 5.73 Å². The van der Waals surface area contributed by atoms with Crippen LogP contribution in [0.25, 0.3) is 11.0 Å². The number of nitrogens with two attached hydrogens (primary N) is 1.